The lowest BCUT2D eigenvalue weighted by molar-refractivity contribution is 0.0986. The molecule has 0 saturated heterocycles. The molecule has 4 rings (SSSR count). The number of hydrogen-bond donors (Lipinski definition) is 0. The SMILES string of the molecule is CN(c1cccc(Cl)c1)S(=O)(=O)c1cccc(C(=O)N2CCCSc3ccccc32)c1. The first-order valence-corrected chi connectivity index (χ1v) is 12.6. The molecule has 8 heteroatoms. The Morgan fingerprint density at radius 3 is 2.61 bits per heavy atom. The molecule has 0 bridgehead atoms. The molecule has 3 aromatic carbocycles. The molecule has 160 valence electrons. The maximum Gasteiger partial charge on any atom is 0.264 e. The number of nitrogens with zero attached hydrogens (tertiary/aromatic N) is 2. The molecular weight excluding hydrogens is 452 g/mol. The Morgan fingerprint density at radius 2 is 1.81 bits per heavy atom. The van der Waals surface area contributed by atoms with Crippen LogP contribution in [0.15, 0.2) is 82.6 Å². The molecule has 0 fully saturated rings. The fraction of sp³-hybridized carbons (Fsp3) is 0.174. The van der Waals surface area contributed by atoms with Crippen LogP contribution in [0.1, 0.15) is 16.8 Å². The van der Waals surface area contributed by atoms with Gasteiger partial charge in [0, 0.05) is 29.1 Å². The number of hydrogen-bond acceptors (Lipinski definition) is 4. The lowest BCUT2D eigenvalue weighted by Gasteiger charge is -2.23. The van der Waals surface area contributed by atoms with Crippen molar-refractivity contribution in [3.63, 3.8) is 0 Å². The van der Waals surface area contributed by atoms with E-state index >= 15 is 0 Å². The molecule has 1 amide bonds. The fourth-order valence-electron chi connectivity index (χ4n) is 3.45. The molecule has 3 aromatic rings. The van der Waals surface area contributed by atoms with Crippen LogP contribution in [-0.4, -0.2) is 33.7 Å². The second kappa shape index (κ2) is 8.94. The third kappa shape index (κ3) is 4.44. The van der Waals surface area contributed by atoms with Crippen LogP contribution in [0.3, 0.4) is 0 Å². The summed E-state index contributed by atoms with van der Waals surface area (Å²) < 4.78 is 27.6. The van der Waals surface area contributed by atoms with Crippen LogP contribution < -0.4 is 9.21 Å². The van der Waals surface area contributed by atoms with Crippen LogP contribution in [0.5, 0.6) is 0 Å². The third-order valence-corrected chi connectivity index (χ3v) is 8.26. The third-order valence-electron chi connectivity index (χ3n) is 5.10. The Hall–Kier alpha value is -2.48. The van der Waals surface area contributed by atoms with Crippen LogP contribution >= 0.6 is 23.4 Å². The maximum absolute atomic E-state index is 13.4. The number of fused-ring (bicyclic) bond motifs is 1. The number of sulfonamides is 1. The number of thioether (sulfide) groups is 1. The van der Waals surface area contributed by atoms with Crippen molar-refractivity contribution in [2.45, 2.75) is 16.2 Å². The summed E-state index contributed by atoms with van der Waals surface area (Å²) in [5.74, 6) is 0.719. The second-order valence-corrected chi connectivity index (χ2v) is 10.6. The minimum Gasteiger partial charge on any atom is -0.307 e. The molecule has 1 aliphatic rings. The summed E-state index contributed by atoms with van der Waals surface area (Å²) in [5.41, 5.74) is 1.64. The van der Waals surface area contributed by atoms with E-state index in [0.717, 1.165) is 22.8 Å². The van der Waals surface area contributed by atoms with Gasteiger partial charge in [0.2, 0.25) is 0 Å². The van der Waals surface area contributed by atoms with Gasteiger partial charge in [-0.2, -0.15) is 0 Å². The van der Waals surface area contributed by atoms with Gasteiger partial charge in [-0.05, 0) is 60.7 Å². The Kier molecular flexibility index (Phi) is 6.27. The molecule has 0 spiro atoms. The number of rotatable bonds is 4. The summed E-state index contributed by atoms with van der Waals surface area (Å²) in [5, 5.41) is 0.446. The minimum atomic E-state index is -3.86. The zero-order valence-electron chi connectivity index (χ0n) is 16.9. The smallest absolute Gasteiger partial charge is 0.264 e. The predicted octanol–water partition coefficient (Wildman–Crippen LogP) is 5.31. The van der Waals surface area contributed by atoms with Gasteiger partial charge < -0.3 is 4.90 Å². The standard InChI is InChI=1S/C23H21ClN2O3S2/c1-25(19-9-5-8-18(24)16-19)31(28,29)20-10-4-7-17(15-20)23(27)26-13-6-14-30-22-12-3-2-11-21(22)26/h2-5,7-12,15-16H,6,13-14H2,1H3. The first-order chi connectivity index (χ1) is 14.9. The van der Waals surface area contributed by atoms with Gasteiger partial charge in [-0.1, -0.05) is 35.9 Å². The van der Waals surface area contributed by atoms with Crippen molar-refractivity contribution >= 4 is 50.7 Å². The van der Waals surface area contributed by atoms with Gasteiger partial charge in [0.1, 0.15) is 0 Å². The second-order valence-electron chi connectivity index (χ2n) is 7.11. The number of halogens is 1. The molecular formula is C23H21ClN2O3S2. The van der Waals surface area contributed by atoms with Crippen LogP contribution in [0.4, 0.5) is 11.4 Å². The molecule has 0 unspecified atom stereocenters. The zero-order valence-corrected chi connectivity index (χ0v) is 19.3. The van der Waals surface area contributed by atoms with Crippen molar-refractivity contribution in [3.8, 4) is 0 Å². The summed E-state index contributed by atoms with van der Waals surface area (Å²) in [6.07, 6.45) is 0.862. The zero-order chi connectivity index (χ0) is 22.0. The van der Waals surface area contributed by atoms with E-state index in [1.807, 2.05) is 24.3 Å². The van der Waals surface area contributed by atoms with E-state index in [-0.39, 0.29) is 10.8 Å². The summed E-state index contributed by atoms with van der Waals surface area (Å²) >= 11 is 7.75. The van der Waals surface area contributed by atoms with E-state index in [1.54, 1.807) is 53.1 Å². The number of carbonyl (C=O) groups excluding carboxylic acids is 1. The summed E-state index contributed by atoms with van der Waals surface area (Å²) in [6, 6.07) is 20.6. The van der Waals surface area contributed by atoms with Crippen molar-refractivity contribution in [2.24, 2.45) is 0 Å². The highest BCUT2D eigenvalue weighted by molar-refractivity contribution is 7.99. The highest BCUT2D eigenvalue weighted by Gasteiger charge is 2.26. The van der Waals surface area contributed by atoms with Gasteiger partial charge in [-0.15, -0.1) is 11.8 Å². The summed E-state index contributed by atoms with van der Waals surface area (Å²) in [4.78, 5) is 16.2. The Morgan fingerprint density at radius 1 is 1.03 bits per heavy atom. The molecule has 0 aromatic heterocycles. The molecule has 5 nitrogen and oxygen atoms in total. The van der Waals surface area contributed by atoms with E-state index in [0.29, 0.717) is 22.8 Å². The minimum absolute atomic E-state index is 0.0540. The number of benzene rings is 3. The highest BCUT2D eigenvalue weighted by atomic mass is 35.5. The van der Waals surface area contributed by atoms with Gasteiger partial charge >= 0.3 is 0 Å². The number of para-hydroxylation sites is 1. The molecule has 1 aliphatic heterocycles. The first kappa shape index (κ1) is 21.7. The van der Waals surface area contributed by atoms with Gasteiger partial charge in [-0.3, -0.25) is 9.10 Å². The van der Waals surface area contributed by atoms with Crippen LogP contribution in [-0.2, 0) is 10.0 Å². The number of anilines is 2. The molecule has 0 aliphatic carbocycles. The van der Waals surface area contributed by atoms with Gasteiger partial charge in [-0.25, -0.2) is 8.42 Å². The van der Waals surface area contributed by atoms with Gasteiger partial charge in [0.25, 0.3) is 15.9 Å². The lowest BCUT2D eigenvalue weighted by atomic mass is 10.1. The van der Waals surface area contributed by atoms with E-state index < -0.39 is 10.0 Å². The van der Waals surface area contributed by atoms with Gasteiger partial charge in [0.15, 0.2) is 0 Å². The van der Waals surface area contributed by atoms with E-state index in [9.17, 15) is 13.2 Å². The highest BCUT2D eigenvalue weighted by Crippen LogP contribution is 2.34. The monoisotopic (exact) mass is 472 g/mol. The van der Waals surface area contributed by atoms with E-state index in [1.165, 1.54) is 23.5 Å². The maximum atomic E-state index is 13.4. The van der Waals surface area contributed by atoms with Crippen molar-refractivity contribution < 1.29 is 13.2 Å². The van der Waals surface area contributed by atoms with Crippen molar-refractivity contribution in [1.82, 2.24) is 0 Å². The average Bonchev–Trinajstić information content (AvgIpc) is 3.01. The Labute approximate surface area is 191 Å². The molecule has 1 heterocycles. The van der Waals surface area contributed by atoms with Crippen LogP contribution in [0.25, 0.3) is 0 Å². The van der Waals surface area contributed by atoms with Crippen LogP contribution in [0.2, 0.25) is 5.02 Å². The fourth-order valence-corrected chi connectivity index (χ4v) is 5.87. The largest absolute Gasteiger partial charge is 0.307 e. The Bertz CT molecular complexity index is 1230. The average molecular weight is 473 g/mol. The molecule has 0 N–H and O–H groups in total. The Balaban J connectivity index is 1.68. The first-order valence-electron chi connectivity index (χ1n) is 9.76. The van der Waals surface area contributed by atoms with E-state index in [2.05, 4.69) is 0 Å². The molecule has 0 saturated carbocycles. The topological polar surface area (TPSA) is 57.7 Å². The summed E-state index contributed by atoms with van der Waals surface area (Å²) in [6.45, 7) is 0.586. The molecule has 31 heavy (non-hydrogen) atoms. The van der Waals surface area contributed by atoms with Crippen molar-refractivity contribution in [3.05, 3.63) is 83.4 Å². The normalized spacial score (nSPS) is 13.9. The van der Waals surface area contributed by atoms with Crippen LogP contribution in [0, 0.1) is 0 Å². The van der Waals surface area contributed by atoms with E-state index in [4.69, 9.17) is 11.6 Å². The van der Waals surface area contributed by atoms with Crippen molar-refractivity contribution in [2.75, 3.05) is 28.6 Å². The number of amides is 1. The summed E-state index contributed by atoms with van der Waals surface area (Å²) in [7, 11) is -2.39. The lowest BCUT2D eigenvalue weighted by Crippen LogP contribution is -2.32. The quantitative estimate of drug-likeness (QED) is 0.516. The van der Waals surface area contributed by atoms with Gasteiger partial charge in [0.05, 0.1) is 16.3 Å². The molecule has 0 atom stereocenters. The molecule has 0 radical (unpaired) electrons. The van der Waals surface area contributed by atoms with Crippen molar-refractivity contribution in [1.29, 1.82) is 0 Å². The predicted molar refractivity (Wildman–Crippen MR) is 127 cm³/mol. The number of carbonyl (C=O) groups is 1.